The summed E-state index contributed by atoms with van der Waals surface area (Å²) in [6.07, 6.45) is 0.910. The number of nitrogens with zero attached hydrogens (tertiary/aromatic N) is 2. The SMILES string of the molecule is COc1ccc(F)cc1C1=C2C(=CN(Oc3ccc(F)cc3F)CN2NCC(C)O)NN1. The second-order valence-electron chi connectivity index (χ2n) is 7.22. The van der Waals surface area contributed by atoms with Crippen molar-refractivity contribution < 1.29 is 27.9 Å². The van der Waals surface area contributed by atoms with E-state index < -0.39 is 23.6 Å². The smallest absolute Gasteiger partial charge is 0.191 e. The molecule has 8 nitrogen and oxygen atoms in total. The molecule has 0 fully saturated rings. The Labute approximate surface area is 182 Å². The summed E-state index contributed by atoms with van der Waals surface area (Å²) in [6, 6.07) is 7.15. The van der Waals surface area contributed by atoms with E-state index in [2.05, 4.69) is 16.3 Å². The van der Waals surface area contributed by atoms with E-state index in [9.17, 15) is 18.3 Å². The number of hydrazine groups is 2. The Bertz CT molecular complexity index is 1080. The number of fused-ring (bicyclic) bond motifs is 1. The number of hydroxylamine groups is 2. The number of hydrogen-bond donors (Lipinski definition) is 4. The molecular formula is C21H22F3N5O3. The molecule has 170 valence electrons. The number of rotatable bonds is 7. The molecule has 0 radical (unpaired) electrons. The molecule has 32 heavy (non-hydrogen) atoms. The maximum absolute atomic E-state index is 14.1. The Morgan fingerprint density at radius 1 is 1.09 bits per heavy atom. The molecule has 0 aromatic heterocycles. The molecule has 2 heterocycles. The van der Waals surface area contributed by atoms with Crippen molar-refractivity contribution in [2.24, 2.45) is 0 Å². The third-order valence-electron chi connectivity index (χ3n) is 4.76. The van der Waals surface area contributed by atoms with Gasteiger partial charge < -0.3 is 14.7 Å². The van der Waals surface area contributed by atoms with Crippen LogP contribution >= 0.6 is 0 Å². The van der Waals surface area contributed by atoms with Crippen LogP contribution in [0.3, 0.4) is 0 Å². The van der Waals surface area contributed by atoms with E-state index in [-0.39, 0.29) is 19.0 Å². The van der Waals surface area contributed by atoms with Crippen molar-refractivity contribution in [3.8, 4) is 11.5 Å². The highest BCUT2D eigenvalue weighted by Crippen LogP contribution is 2.35. The molecule has 4 N–H and O–H groups in total. The van der Waals surface area contributed by atoms with Gasteiger partial charge in [0.05, 0.1) is 25.1 Å². The molecule has 4 rings (SSSR count). The molecule has 0 saturated carbocycles. The van der Waals surface area contributed by atoms with Crippen molar-refractivity contribution in [2.45, 2.75) is 13.0 Å². The lowest BCUT2D eigenvalue weighted by Crippen LogP contribution is -2.50. The number of ether oxygens (including phenoxy) is 1. The van der Waals surface area contributed by atoms with Gasteiger partial charge in [-0.05, 0) is 37.3 Å². The fourth-order valence-electron chi connectivity index (χ4n) is 3.32. The second kappa shape index (κ2) is 8.89. The highest BCUT2D eigenvalue weighted by Gasteiger charge is 2.33. The highest BCUT2D eigenvalue weighted by atomic mass is 19.1. The van der Waals surface area contributed by atoms with Gasteiger partial charge in [0.25, 0.3) is 0 Å². The molecule has 0 amide bonds. The van der Waals surface area contributed by atoms with Crippen LogP contribution in [0.25, 0.3) is 5.70 Å². The van der Waals surface area contributed by atoms with Crippen LogP contribution in [0.4, 0.5) is 13.2 Å². The molecule has 0 saturated heterocycles. The number of aliphatic hydroxyl groups excluding tert-OH is 1. The number of aliphatic hydroxyl groups is 1. The van der Waals surface area contributed by atoms with Crippen molar-refractivity contribution in [3.05, 3.63) is 77.0 Å². The van der Waals surface area contributed by atoms with Crippen LogP contribution < -0.4 is 25.9 Å². The Kier molecular flexibility index (Phi) is 6.01. The lowest BCUT2D eigenvalue weighted by Gasteiger charge is -2.36. The van der Waals surface area contributed by atoms with Gasteiger partial charge in [0.2, 0.25) is 0 Å². The predicted octanol–water partition coefficient (Wildman–Crippen LogP) is 2.18. The summed E-state index contributed by atoms with van der Waals surface area (Å²) in [7, 11) is 1.48. The number of methoxy groups -OCH3 is 1. The van der Waals surface area contributed by atoms with E-state index in [1.165, 1.54) is 36.4 Å². The van der Waals surface area contributed by atoms with Gasteiger partial charge in [-0.1, -0.05) is 0 Å². The molecule has 2 aliphatic rings. The Morgan fingerprint density at radius 2 is 1.81 bits per heavy atom. The van der Waals surface area contributed by atoms with E-state index in [1.807, 2.05) is 0 Å². The summed E-state index contributed by atoms with van der Waals surface area (Å²) in [5.41, 5.74) is 11.2. The summed E-state index contributed by atoms with van der Waals surface area (Å²) in [5.74, 6) is -1.72. The predicted molar refractivity (Wildman–Crippen MR) is 109 cm³/mol. The van der Waals surface area contributed by atoms with E-state index in [1.54, 1.807) is 18.1 Å². The molecule has 0 spiro atoms. The van der Waals surface area contributed by atoms with Gasteiger partial charge in [0.15, 0.2) is 11.6 Å². The van der Waals surface area contributed by atoms with Crippen molar-refractivity contribution in [3.63, 3.8) is 0 Å². The largest absolute Gasteiger partial charge is 0.496 e. The third-order valence-corrected chi connectivity index (χ3v) is 4.76. The summed E-state index contributed by atoms with van der Waals surface area (Å²) in [5, 5.41) is 12.7. The molecule has 1 atom stereocenters. The van der Waals surface area contributed by atoms with Crippen LogP contribution in [-0.2, 0) is 0 Å². The first-order valence-corrected chi connectivity index (χ1v) is 9.77. The van der Waals surface area contributed by atoms with Crippen LogP contribution in [0.15, 0.2) is 54.0 Å². The van der Waals surface area contributed by atoms with Crippen LogP contribution in [0.2, 0.25) is 0 Å². The van der Waals surface area contributed by atoms with E-state index in [0.717, 1.165) is 12.1 Å². The van der Waals surface area contributed by atoms with E-state index in [0.29, 0.717) is 28.4 Å². The molecule has 11 heteroatoms. The Balaban J connectivity index is 1.71. The molecule has 0 bridgehead atoms. The standard InChI is InChI=1S/C21H22F3N5O3/c1-12(30)9-25-29-11-28(32-19-6-4-14(23)8-16(19)24)10-17-21(29)20(27-26-17)15-7-13(22)3-5-18(15)31-2/h3-8,10,12,25-27,30H,9,11H2,1-2H3. The summed E-state index contributed by atoms with van der Waals surface area (Å²) < 4.78 is 46.6. The van der Waals surface area contributed by atoms with Crippen LogP contribution in [0.1, 0.15) is 12.5 Å². The van der Waals surface area contributed by atoms with Gasteiger partial charge in [-0.25, -0.2) is 18.6 Å². The van der Waals surface area contributed by atoms with E-state index >= 15 is 0 Å². The third kappa shape index (κ3) is 4.39. The molecule has 0 aliphatic carbocycles. The zero-order valence-electron chi connectivity index (χ0n) is 17.3. The van der Waals surface area contributed by atoms with Gasteiger partial charge in [0, 0.05) is 18.2 Å². The average Bonchev–Trinajstić information content (AvgIpc) is 3.18. The average molecular weight is 449 g/mol. The molecule has 1 unspecified atom stereocenters. The van der Waals surface area contributed by atoms with Gasteiger partial charge in [0.1, 0.15) is 35.4 Å². The van der Waals surface area contributed by atoms with Crippen LogP contribution in [0.5, 0.6) is 11.5 Å². The number of benzene rings is 2. The first-order chi connectivity index (χ1) is 15.4. The molecule has 2 aromatic carbocycles. The Morgan fingerprint density at radius 3 is 2.50 bits per heavy atom. The summed E-state index contributed by atoms with van der Waals surface area (Å²) >= 11 is 0. The minimum atomic E-state index is -0.851. The maximum atomic E-state index is 14.1. The maximum Gasteiger partial charge on any atom is 0.191 e. The summed E-state index contributed by atoms with van der Waals surface area (Å²) in [4.78, 5) is 5.59. The quantitative estimate of drug-likeness (QED) is 0.512. The van der Waals surface area contributed by atoms with Crippen molar-refractivity contribution in [1.82, 2.24) is 26.3 Å². The number of hydrogen-bond acceptors (Lipinski definition) is 8. The summed E-state index contributed by atoms with van der Waals surface area (Å²) in [6.45, 7) is 1.88. The van der Waals surface area contributed by atoms with E-state index in [4.69, 9.17) is 9.57 Å². The van der Waals surface area contributed by atoms with Gasteiger partial charge in [-0.2, -0.15) is 5.06 Å². The zero-order valence-corrected chi connectivity index (χ0v) is 17.3. The van der Waals surface area contributed by atoms with Gasteiger partial charge in [-0.15, -0.1) is 0 Å². The van der Waals surface area contributed by atoms with Crippen LogP contribution in [0, 0.1) is 17.5 Å². The molecule has 2 aliphatic heterocycles. The van der Waals surface area contributed by atoms with Crippen molar-refractivity contribution >= 4 is 5.70 Å². The highest BCUT2D eigenvalue weighted by molar-refractivity contribution is 5.76. The zero-order chi connectivity index (χ0) is 22.8. The minimum absolute atomic E-state index is 0.0624. The van der Waals surface area contributed by atoms with Crippen molar-refractivity contribution in [2.75, 3.05) is 20.3 Å². The topological polar surface area (TPSA) is 81.3 Å². The fourth-order valence-corrected chi connectivity index (χ4v) is 3.32. The monoisotopic (exact) mass is 449 g/mol. The Hall–Kier alpha value is -3.57. The lowest BCUT2D eigenvalue weighted by atomic mass is 10.1. The molecule has 2 aromatic rings. The van der Waals surface area contributed by atoms with Gasteiger partial charge >= 0.3 is 0 Å². The first kappa shape index (κ1) is 21.7. The lowest BCUT2D eigenvalue weighted by molar-refractivity contribution is -0.0669. The van der Waals surface area contributed by atoms with Crippen molar-refractivity contribution in [1.29, 1.82) is 0 Å². The fraction of sp³-hybridized carbons (Fsp3) is 0.238. The second-order valence-corrected chi connectivity index (χ2v) is 7.22. The normalized spacial score (nSPS) is 16.2. The minimum Gasteiger partial charge on any atom is -0.496 e. The first-order valence-electron chi connectivity index (χ1n) is 9.77. The number of halogens is 3. The number of nitrogens with one attached hydrogen (secondary N) is 3. The van der Waals surface area contributed by atoms with Gasteiger partial charge in [-0.3, -0.25) is 15.9 Å². The molecular weight excluding hydrogens is 427 g/mol. The van der Waals surface area contributed by atoms with Crippen LogP contribution in [-0.4, -0.2) is 41.6 Å².